The van der Waals surface area contributed by atoms with Gasteiger partial charge in [0, 0.05) is 47.8 Å². The van der Waals surface area contributed by atoms with E-state index >= 15 is 0 Å². The first kappa shape index (κ1) is 21.6. The van der Waals surface area contributed by atoms with Gasteiger partial charge in [0.05, 0.1) is 11.7 Å². The molecule has 2 saturated heterocycles. The van der Waals surface area contributed by atoms with Crippen molar-refractivity contribution in [3.05, 3.63) is 52.5 Å². The van der Waals surface area contributed by atoms with Crippen LogP contribution in [0.25, 0.3) is 0 Å². The predicted molar refractivity (Wildman–Crippen MR) is 126 cm³/mol. The van der Waals surface area contributed by atoms with E-state index in [1.807, 2.05) is 36.4 Å². The molecule has 0 aliphatic carbocycles. The third kappa shape index (κ3) is 5.77. The van der Waals surface area contributed by atoms with Crippen molar-refractivity contribution in [1.29, 1.82) is 0 Å². The van der Waals surface area contributed by atoms with E-state index in [9.17, 15) is 9.59 Å². The van der Waals surface area contributed by atoms with E-state index in [0.29, 0.717) is 23.5 Å². The average Bonchev–Trinajstić information content (AvgIpc) is 3.46. The van der Waals surface area contributed by atoms with Crippen molar-refractivity contribution >= 4 is 44.9 Å². The fourth-order valence-corrected chi connectivity index (χ4v) is 4.40. The summed E-state index contributed by atoms with van der Waals surface area (Å²) in [6, 6.07) is 12.5. The number of nitrogens with one attached hydrogen (secondary N) is 3. The van der Waals surface area contributed by atoms with Crippen molar-refractivity contribution < 1.29 is 14.3 Å². The quantitative estimate of drug-likeness (QED) is 0.556. The molecular weight excluding hydrogens is 460 g/mol. The van der Waals surface area contributed by atoms with Crippen molar-refractivity contribution in [2.24, 2.45) is 0 Å². The lowest BCUT2D eigenvalue weighted by atomic mass is 10.1. The predicted octanol–water partition coefficient (Wildman–Crippen LogP) is 4.60. The van der Waals surface area contributed by atoms with E-state index < -0.39 is 0 Å². The van der Waals surface area contributed by atoms with Crippen LogP contribution < -0.4 is 20.9 Å². The number of nitrogens with zero attached hydrogens (tertiary/aromatic N) is 1. The molecule has 4 rings (SSSR count). The number of carbonyl (C=O) groups excluding carboxylic acids is 2. The molecule has 0 radical (unpaired) electrons. The molecule has 2 aromatic carbocycles. The molecule has 2 aliphatic rings. The number of halogens is 1. The molecule has 0 aromatic heterocycles. The first-order valence-electron chi connectivity index (χ1n) is 10.7. The maximum atomic E-state index is 13.0. The van der Waals surface area contributed by atoms with E-state index in [2.05, 4.69) is 36.8 Å². The van der Waals surface area contributed by atoms with Crippen molar-refractivity contribution in [3.8, 4) is 0 Å². The second-order valence-electron chi connectivity index (χ2n) is 7.86. The van der Waals surface area contributed by atoms with Gasteiger partial charge in [0.2, 0.25) is 0 Å². The summed E-state index contributed by atoms with van der Waals surface area (Å²) < 4.78 is 6.50. The highest BCUT2D eigenvalue weighted by molar-refractivity contribution is 9.10. The fraction of sp³-hybridized carbons (Fsp3) is 0.391. The number of hydrogen-bond donors (Lipinski definition) is 3. The van der Waals surface area contributed by atoms with Crippen molar-refractivity contribution in [3.63, 3.8) is 0 Å². The fourth-order valence-electron chi connectivity index (χ4n) is 4.00. The van der Waals surface area contributed by atoms with Gasteiger partial charge in [-0.1, -0.05) is 22.0 Å². The maximum Gasteiger partial charge on any atom is 0.323 e. The number of benzene rings is 2. The van der Waals surface area contributed by atoms with Crippen LogP contribution in [-0.2, 0) is 4.74 Å². The highest BCUT2D eigenvalue weighted by Crippen LogP contribution is 2.28. The van der Waals surface area contributed by atoms with Crippen LogP contribution in [0, 0.1) is 0 Å². The van der Waals surface area contributed by atoms with E-state index in [-0.39, 0.29) is 18.0 Å². The molecule has 2 aliphatic heterocycles. The van der Waals surface area contributed by atoms with E-state index in [1.54, 1.807) is 6.07 Å². The summed E-state index contributed by atoms with van der Waals surface area (Å²) in [5.41, 5.74) is 2.72. The standard InChI is InChI=1S/C23H27BrN4O3/c24-16-5-3-6-17(13-16)26-23(30)27-18-8-9-21(28-10-1-2-11-28)20(14-18)22(29)25-15-19-7-4-12-31-19/h3,5-6,8-9,13-14,19H,1-2,4,7,10-12,15H2,(H,25,29)(H2,26,27,30). The summed E-state index contributed by atoms with van der Waals surface area (Å²) in [4.78, 5) is 27.7. The Morgan fingerprint density at radius 2 is 1.81 bits per heavy atom. The lowest BCUT2D eigenvalue weighted by molar-refractivity contribution is 0.0858. The summed E-state index contributed by atoms with van der Waals surface area (Å²) >= 11 is 3.39. The van der Waals surface area contributed by atoms with E-state index in [1.165, 1.54) is 0 Å². The van der Waals surface area contributed by atoms with Gasteiger partial charge in [-0.05, 0) is 62.1 Å². The summed E-state index contributed by atoms with van der Waals surface area (Å²) in [6.45, 7) is 3.12. The Bertz CT molecular complexity index is 940. The van der Waals surface area contributed by atoms with Crippen LogP contribution in [0.5, 0.6) is 0 Å². The Hall–Kier alpha value is -2.58. The number of carbonyl (C=O) groups is 2. The van der Waals surface area contributed by atoms with Crippen LogP contribution in [-0.4, -0.2) is 44.3 Å². The van der Waals surface area contributed by atoms with Crippen molar-refractivity contribution in [2.45, 2.75) is 31.8 Å². The summed E-state index contributed by atoms with van der Waals surface area (Å²) in [5, 5.41) is 8.64. The molecule has 1 atom stereocenters. The van der Waals surface area contributed by atoms with Crippen LogP contribution in [0.2, 0.25) is 0 Å². The van der Waals surface area contributed by atoms with Crippen molar-refractivity contribution in [1.82, 2.24) is 5.32 Å². The second kappa shape index (κ2) is 10.2. The minimum atomic E-state index is -0.363. The van der Waals surface area contributed by atoms with Crippen LogP contribution >= 0.6 is 15.9 Å². The molecule has 164 valence electrons. The molecule has 2 fully saturated rings. The molecule has 2 heterocycles. The zero-order chi connectivity index (χ0) is 21.6. The molecule has 7 nitrogen and oxygen atoms in total. The highest BCUT2D eigenvalue weighted by Gasteiger charge is 2.22. The molecule has 3 N–H and O–H groups in total. The molecule has 1 unspecified atom stereocenters. The highest BCUT2D eigenvalue weighted by atomic mass is 79.9. The minimum Gasteiger partial charge on any atom is -0.376 e. The Morgan fingerprint density at radius 1 is 1.03 bits per heavy atom. The molecule has 3 amide bonds. The minimum absolute atomic E-state index is 0.0801. The number of ether oxygens (including phenoxy) is 1. The largest absolute Gasteiger partial charge is 0.376 e. The van der Waals surface area contributed by atoms with Gasteiger partial charge in [-0.2, -0.15) is 0 Å². The number of anilines is 3. The number of hydrogen-bond acceptors (Lipinski definition) is 4. The lowest BCUT2D eigenvalue weighted by Gasteiger charge is -2.22. The van der Waals surface area contributed by atoms with Crippen LogP contribution in [0.3, 0.4) is 0 Å². The Kier molecular flexibility index (Phi) is 7.09. The third-order valence-electron chi connectivity index (χ3n) is 5.54. The van der Waals surface area contributed by atoms with Gasteiger partial charge >= 0.3 is 6.03 Å². The smallest absolute Gasteiger partial charge is 0.323 e. The monoisotopic (exact) mass is 486 g/mol. The van der Waals surface area contributed by atoms with Gasteiger partial charge in [0.1, 0.15) is 0 Å². The van der Waals surface area contributed by atoms with E-state index in [4.69, 9.17) is 4.74 Å². The third-order valence-corrected chi connectivity index (χ3v) is 6.04. The maximum absolute atomic E-state index is 13.0. The SMILES string of the molecule is O=C(Nc1cccc(Br)c1)Nc1ccc(N2CCCC2)c(C(=O)NCC2CCCO2)c1. The molecule has 0 bridgehead atoms. The molecule has 8 heteroatoms. The summed E-state index contributed by atoms with van der Waals surface area (Å²) in [7, 11) is 0. The zero-order valence-electron chi connectivity index (χ0n) is 17.3. The number of rotatable bonds is 6. The van der Waals surface area contributed by atoms with Gasteiger partial charge in [-0.15, -0.1) is 0 Å². The lowest BCUT2D eigenvalue weighted by Crippen LogP contribution is -2.33. The summed E-state index contributed by atoms with van der Waals surface area (Å²) in [5.74, 6) is -0.145. The topological polar surface area (TPSA) is 82.7 Å². The Balaban J connectivity index is 1.48. The molecule has 0 spiro atoms. The van der Waals surface area contributed by atoms with Gasteiger partial charge in [0.25, 0.3) is 5.91 Å². The summed E-state index contributed by atoms with van der Waals surface area (Å²) in [6.07, 6.45) is 4.32. The van der Waals surface area contributed by atoms with Gasteiger partial charge in [-0.25, -0.2) is 4.79 Å². The Morgan fingerprint density at radius 3 is 2.52 bits per heavy atom. The van der Waals surface area contributed by atoms with Crippen LogP contribution in [0.15, 0.2) is 46.9 Å². The number of amides is 3. The molecule has 31 heavy (non-hydrogen) atoms. The van der Waals surface area contributed by atoms with E-state index in [0.717, 1.165) is 55.5 Å². The van der Waals surface area contributed by atoms with Gasteiger partial charge in [-0.3, -0.25) is 4.79 Å². The van der Waals surface area contributed by atoms with Gasteiger partial charge in [0.15, 0.2) is 0 Å². The Labute approximate surface area is 190 Å². The average molecular weight is 487 g/mol. The molecule has 2 aromatic rings. The van der Waals surface area contributed by atoms with Crippen LogP contribution in [0.1, 0.15) is 36.0 Å². The number of urea groups is 1. The van der Waals surface area contributed by atoms with Crippen LogP contribution in [0.4, 0.5) is 21.9 Å². The zero-order valence-corrected chi connectivity index (χ0v) is 18.9. The normalized spacial score (nSPS) is 18.1. The molecule has 0 saturated carbocycles. The first-order valence-corrected chi connectivity index (χ1v) is 11.5. The van der Waals surface area contributed by atoms with Gasteiger partial charge < -0.3 is 25.6 Å². The first-order chi connectivity index (χ1) is 15.1. The van der Waals surface area contributed by atoms with Crippen molar-refractivity contribution in [2.75, 3.05) is 41.8 Å². The second-order valence-corrected chi connectivity index (χ2v) is 8.78. The molecular formula is C23H27BrN4O3.